The first-order chi connectivity index (χ1) is 9.56. The van der Waals surface area contributed by atoms with Gasteiger partial charge in [0, 0.05) is 9.50 Å². The largest absolute Gasteiger partial charge is 0.333 e. The molecule has 1 aromatic heterocycles. The zero-order valence-corrected chi connectivity index (χ0v) is 12.4. The highest BCUT2D eigenvalue weighted by molar-refractivity contribution is 9.10. The standard InChI is InChI=1S/C14H8BrClN2O2/c15-8-4-5-12-11(6-8)13(19)18(14(20)17-12)10-3-1-2-9(16)7-10/h1-7H,(H,17,20). The lowest BCUT2D eigenvalue weighted by atomic mass is 10.2. The van der Waals surface area contributed by atoms with Gasteiger partial charge in [-0.1, -0.05) is 33.6 Å². The Kier molecular flexibility index (Phi) is 3.23. The molecule has 0 spiro atoms. The first-order valence-corrected chi connectivity index (χ1v) is 6.94. The number of nitrogens with one attached hydrogen (secondary N) is 1. The molecule has 0 aliphatic carbocycles. The summed E-state index contributed by atoms with van der Waals surface area (Å²) >= 11 is 9.22. The van der Waals surface area contributed by atoms with Gasteiger partial charge in [-0.3, -0.25) is 4.79 Å². The number of hydrogen-bond acceptors (Lipinski definition) is 2. The van der Waals surface area contributed by atoms with E-state index in [0.29, 0.717) is 21.6 Å². The van der Waals surface area contributed by atoms with E-state index in [0.717, 1.165) is 9.04 Å². The zero-order valence-electron chi connectivity index (χ0n) is 10.1. The average molecular weight is 352 g/mol. The predicted molar refractivity (Wildman–Crippen MR) is 82.9 cm³/mol. The van der Waals surface area contributed by atoms with Gasteiger partial charge in [0.05, 0.1) is 16.6 Å². The molecule has 3 aromatic rings. The average Bonchev–Trinajstić information content (AvgIpc) is 2.40. The summed E-state index contributed by atoms with van der Waals surface area (Å²) in [6, 6.07) is 11.7. The minimum atomic E-state index is -0.493. The second-order valence-electron chi connectivity index (χ2n) is 4.24. The Balaban J connectivity index is 2.42. The summed E-state index contributed by atoms with van der Waals surface area (Å²) in [5.74, 6) is 0. The topological polar surface area (TPSA) is 54.9 Å². The quantitative estimate of drug-likeness (QED) is 0.732. The molecule has 0 aliphatic heterocycles. The molecule has 0 saturated heterocycles. The lowest BCUT2D eigenvalue weighted by Crippen LogP contribution is -2.33. The Hall–Kier alpha value is -1.85. The third-order valence-electron chi connectivity index (χ3n) is 2.93. The van der Waals surface area contributed by atoms with Gasteiger partial charge < -0.3 is 4.98 Å². The summed E-state index contributed by atoms with van der Waals surface area (Å²) in [4.78, 5) is 27.3. The number of aromatic amines is 1. The third-order valence-corrected chi connectivity index (χ3v) is 3.65. The Morgan fingerprint density at radius 3 is 2.65 bits per heavy atom. The number of rotatable bonds is 1. The summed E-state index contributed by atoms with van der Waals surface area (Å²) in [6.45, 7) is 0. The van der Waals surface area contributed by atoms with Gasteiger partial charge in [0.1, 0.15) is 0 Å². The summed E-state index contributed by atoms with van der Waals surface area (Å²) in [7, 11) is 0. The third kappa shape index (κ3) is 2.19. The van der Waals surface area contributed by atoms with Crippen LogP contribution in [0.25, 0.3) is 16.6 Å². The summed E-state index contributed by atoms with van der Waals surface area (Å²) in [5, 5.41) is 0.891. The van der Waals surface area contributed by atoms with E-state index in [2.05, 4.69) is 20.9 Å². The lowest BCUT2D eigenvalue weighted by Gasteiger charge is -2.07. The van der Waals surface area contributed by atoms with Crippen LogP contribution < -0.4 is 11.2 Å². The van der Waals surface area contributed by atoms with Crippen molar-refractivity contribution in [1.29, 1.82) is 0 Å². The van der Waals surface area contributed by atoms with Gasteiger partial charge in [0.25, 0.3) is 5.56 Å². The monoisotopic (exact) mass is 350 g/mol. The Morgan fingerprint density at radius 1 is 1.10 bits per heavy atom. The van der Waals surface area contributed by atoms with Crippen LogP contribution in [0.4, 0.5) is 0 Å². The van der Waals surface area contributed by atoms with Crippen LogP contribution in [0.3, 0.4) is 0 Å². The molecule has 0 bridgehead atoms. The summed E-state index contributed by atoms with van der Waals surface area (Å²) < 4.78 is 1.84. The maximum atomic E-state index is 12.5. The molecule has 0 aliphatic rings. The summed E-state index contributed by atoms with van der Waals surface area (Å²) in [6.07, 6.45) is 0. The van der Waals surface area contributed by atoms with Crippen LogP contribution in [-0.2, 0) is 0 Å². The number of hydrogen-bond donors (Lipinski definition) is 1. The fraction of sp³-hybridized carbons (Fsp3) is 0. The van der Waals surface area contributed by atoms with Gasteiger partial charge in [-0.05, 0) is 36.4 Å². The van der Waals surface area contributed by atoms with E-state index in [4.69, 9.17) is 11.6 Å². The van der Waals surface area contributed by atoms with E-state index in [1.165, 1.54) is 0 Å². The van der Waals surface area contributed by atoms with Crippen LogP contribution in [-0.4, -0.2) is 9.55 Å². The van der Waals surface area contributed by atoms with Crippen LogP contribution in [0.15, 0.2) is 56.5 Å². The highest BCUT2D eigenvalue weighted by Gasteiger charge is 2.10. The number of fused-ring (bicyclic) bond motifs is 1. The van der Waals surface area contributed by atoms with E-state index in [9.17, 15) is 9.59 Å². The van der Waals surface area contributed by atoms with Gasteiger partial charge in [-0.2, -0.15) is 0 Å². The molecule has 1 N–H and O–H groups in total. The van der Waals surface area contributed by atoms with Crippen molar-refractivity contribution in [1.82, 2.24) is 9.55 Å². The van der Waals surface area contributed by atoms with Crippen molar-refractivity contribution >= 4 is 38.4 Å². The van der Waals surface area contributed by atoms with Crippen LogP contribution in [0, 0.1) is 0 Å². The first-order valence-electron chi connectivity index (χ1n) is 5.77. The first kappa shape index (κ1) is 13.1. The maximum Gasteiger partial charge on any atom is 0.333 e. The maximum absolute atomic E-state index is 12.5. The smallest absolute Gasteiger partial charge is 0.306 e. The SMILES string of the molecule is O=c1[nH]c2ccc(Br)cc2c(=O)n1-c1cccc(Cl)c1. The molecule has 6 heteroatoms. The van der Waals surface area contributed by atoms with E-state index in [-0.39, 0.29) is 5.56 Å². The number of benzene rings is 2. The minimum Gasteiger partial charge on any atom is -0.306 e. The lowest BCUT2D eigenvalue weighted by molar-refractivity contribution is 0.901. The molecule has 0 radical (unpaired) electrons. The number of aromatic nitrogens is 2. The minimum absolute atomic E-state index is 0.382. The van der Waals surface area contributed by atoms with Gasteiger partial charge in [0.2, 0.25) is 0 Å². The molecule has 0 fully saturated rings. The Labute approximate surface area is 126 Å². The van der Waals surface area contributed by atoms with Crippen molar-refractivity contribution in [3.05, 3.63) is 72.8 Å². The van der Waals surface area contributed by atoms with Crippen molar-refractivity contribution in [2.75, 3.05) is 0 Å². The molecule has 1 heterocycles. The molecule has 3 rings (SSSR count). The van der Waals surface area contributed by atoms with Gasteiger partial charge in [0.15, 0.2) is 0 Å². The van der Waals surface area contributed by atoms with Crippen molar-refractivity contribution in [3.63, 3.8) is 0 Å². The highest BCUT2D eigenvalue weighted by atomic mass is 79.9. The van der Waals surface area contributed by atoms with Gasteiger partial charge in [-0.25, -0.2) is 9.36 Å². The molecular formula is C14H8BrClN2O2. The van der Waals surface area contributed by atoms with Crippen molar-refractivity contribution in [2.24, 2.45) is 0 Å². The van der Waals surface area contributed by atoms with Gasteiger partial charge >= 0.3 is 5.69 Å². The van der Waals surface area contributed by atoms with E-state index in [1.807, 2.05) is 0 Å². The van der Waals surface area contributed by atoms with Crippen LogP contribution in [0.2, 0.25) is 5.02 Å². The second kappa shape index (κ2) is 4.92. The molecular weight excluding hydrogens is 344 g/mol. The Morgan fingerprint density at radius 2 is 1.90 bits per heavy atom. The van der Waals surface area contributed by atoms with E-state index >= 15 is 0 Å². The van der Waals surface area contributed by atoms with Crippen molar-refractivity contribution < 1.29 is 0 Å². The van der Waals surface area contributed by atoms with Crippen LogP contribution in [0.1, 0.15) is 0 Å². The van der Waals surface area contributed by atoms with Crippen LogP contribution >= 0.6 is 27.5 Å². The highest BCUT2D eigenvalue weighted by Crippen LogP contribution is 2.16. The molecule has 0 atom stereocenters. The molecule has 0 unspecified atom stereocenters. The number of H-pyrrole nitrogens is 1. The van der Waals surface area contributed by atoms with E-state index < -0.39 is 5.69 Å². The molecule has 4 nitrogen and oxygen atoms in total. The van der Waals surface area contributed by atoms with Crippen molar-refractivity contribution in [3.8, 4) is 5.69 Å². The second-order valence-corrected chi connectivity index (χ2v) is 5.59. The molecule has 20 heavy (non-hydrogen) atoms. The summed E-state index contributed by atoms with van der Waals surface area (Å²) in [5.41, 5.74) is 0.0616. The van der Waals surface area contributed by atoms with Crippen molar-refractivity contribution in [2.45, 2.75) is 0 Å². The predicted octanol–water partition coefficient (Wildman–Crippen LogP) is 3.09. The molecule has 100 valence electrons. The fourth-order valence-corrected chi connectivity index (χ4v) is 2.58. The fourth-order valence-electron chi connectivity index (χ4n) is 2.04. The molecule has 0 amide bonds. The number of nitrogens with zero attached hydrogens (tertiary/aromatic N) is 1. The number of halogens is 2. The molecule has 2 aromatic carbocycles. The zero-order chi connectivity index (χ0) is 14.3. The van der Waals surface area contributed by atoms with Gasteiger partial charge in [-0.15, -0.1) is 0 Å². The normalized spacial score (nSPS) is 10.9. The Bertz CT molecular complexity index is 930. The van der Waals surface area contributed by atoms with Crippen LogP contribution in [0.5, 0.6) is 0 Å². The van der Waals surface area contributed by atoms with E-state index in [1.54, 1.807) is 42.5 Å². The molecule has 0 saturated carbocycles.